The Morgan fingerprint density at radius 3 is 2.15 bits per heavy atom. The standard InChI is InChI=1S/C12H23N/c1-8-6-5-7-12(9(8)2)10(13)11(12,3)4/h8-10H,5-7,13H2,1-4H3. The number of nitrogens with two attached hydrogens (primary N) is 1. The van der Waals surface area contributed by atoms with Crippen LogP contribution in [0, 0.1) is 22.7 Å². The van der Waals surface area contributed by atoms with Crippen LogP contribution in [0.25, 0.3) is 0 Å². The Morgan fingerprint density at radius 2 is 1.77 bits per heavy atom. The lowest BCUT2D eigenvalue weighted by Gasteiger charge is -2.37. The lowest BCUT2D eigenvalue weighted by Crippen LogP contribution is -2.31. The topological polar surface area (TPSA) is 26.0 Å². The molecule has 0 bridgehead atoms. The second-order valence-electron chi connectivity index (χ2n) is 5.90. The summed E-state index contributed by atoms with van der Waals surface area (Å²) in [6.45, 7) is 9.52. The monoisotopic (exact) mass is 181 g/mol. The summed E-state index contributed by atoms with van der Waals surface area (Å²) in [5.41, 5.74) is 7.16. The summed E-state index contributed by atoms with van der Waals surface area (Å²) in [7, 11) is 0. The molecule has 2 fully saturated rings. The van der Waals surface area contributed by atoms with E-state index >= 15 is 0 Å². The van der Waals surface area contributed by atoms with E-state index in [4.69, 9.17) is 5.73 Å². The molecule has 13 heavy (non-hydrogen) atoms. The molecule has 2 aliphatic rings. The van der Waals surface area contributed by atoms with E-state index in [1.165, 1.54) is 19.3 Å². The van der Waals surface area contributed by atoms with Crippen molar-refractivity contribution >= 4 is 0 Å². The van der Waals surface area contributed by atoms with Gasteiger partial charge < -0.3 is 5.73 Å². The van der Waals surface area contributed by atoms with E-state index in [1.54, 1.807) is 0 Å². The molecule has 2 saturated carbocycles. The van der Waals surface area contributed by atoms with E-state index in [0.29, 0.717) is 16.9 Å². The third kappa shape index (κ3) is 0.918. The van der Waals surface area contributed by atoms with Crippen LogP contribution in [0.5, 0.6) is 0 Å². The predicted octanol–water partition coefficient (Wildman–Crippen LogP) is 2.80. The van der Waals surface area contributed by atoms with E-state index in [9.17, 15) is 0 Å². The van der Waals surface area contributed by atoms with Crippen molar-refractivity contribution in [1.29, 1.82) is 0 Å². The maximum absolute atomic E-state index is 6.26. The summed E-state index contributed by atoms with van der Waals surface area (Å²) >= 11 is 0. The van der Waals surface area contributed by atoms with Crippen LogP contribution in [0.3, 0.4) is 0 Å². The minimum Gasteiger partial charge on any atom is -0.327 e. The van der Waals surface area contributed by atoms with E-state index < -0.39 is 0 Å². The van der Waals surface area contributed by atoms with Gasteiger partial charge in [0, 0.05) is 6.04 Å². The van der Waals surface area contributed by atoms with E-state index in [1.807, 2.05) is 0 Å². The van der Waals surface area contributed by atoms with Gasteiger partial charge in [-0.25, -0.2) is 0 Å². The van der Waals surface area contributed by atoms with E-state index in [0.717, 1.165) is 11.8 Å². The highest BCUT2D eigenvalue weighted by Gasteiger charge is 2.71. The Balaban J connectivity index is 2.24. The average Bonchev–Trinajstić information content (AvgIpc) is 2.47. The van der Waals surface area contributed by atoms with Crippen LogP contribution >= 0.6 is 0 Å². The second kappa shape index (κ2) is 2.50. The molecule has 76 valence electrons. The molecule has 0 aliphatic heterocycles. The van der Waals surface area contributed by atoms with Crippen LogP contribution in [0.4, 0.5) is 0 Å². The number of hydrogen-bond donors (Lipinski definition) is 1. The predicted molar refractivity (Wildman–Crippen MR) is 56.4 cm³/mol. The first-order chi connectivity index (χ1) is 5.94. The molecule has 0 aromatic heterocycles. The third-order valence-electron chi connectivity index (χ3n) is 5.36. The molecule has 2 rings (SSSR count). The first-order valence-corrected chi connectivity index (χ1v) is 5.70. The molecular weight excluding hydrogens is 158 g/mol. The molecule has 4 unspecified atom stereocenters. The van der Waals surface area contributed by atoms with Gasteiger partial charge in [0.05, 0.1) is 0 Å². The quantitative estimate of drug-likeness (QED) is 0.611. The summed E-state index contributed by atoms with van der Waals surface area (Å²) in [4.78, 5) is 0. The molecule has 0 heterocycles. The highest BCUT2D eigenvalue weighted by Crippen LogP contribution is 2.71. The molecule has 2 aliphatic carbocycles. The zero-order chi connectivity index (χ0) is 9.85. The van der Waals surface area contributed by atoms with Gasteiger partial charge in [-0.2, -0.15) is 0 Å². The molecule has 0 aromatic rings. The summed E-state index contributed by atoms with van der Waals surface area (Å²) < 4.78 is 0. The molecule has 2 N–H and O–H groups in total. The van der Waals surface area contributed by atoms with Crippen LogP contribution in [0.2, 0.25) is 0 Å². The van der Waals surface area contributed by atoms with Gasteiger partial charge >= 0.3 is 0 Å². The van der Waals surface area contributed by atoms with Gasteiger partial charge in [0.1, 0.15) is 0 Å². The molecule has 4 atom stereocenters. The molecule has 1 spiro atoms. The van der Waals surface area contributed by atoms with Gasteiger partial charge in [-0.05, 0) is 29.1 Å². The lowest BCUT2D eigenvalue weighted by molar-refractivity contribution is 0.123. The number of rotatable bonds is 0. The van der Waals surface area contributed by atoms with E-state index in [-0.39, 0.29) is 0 Å². The average molecular weight is 181 g/mol. The first-order valence-electron chi connectivity index (χ1n) is 5.70. The molecular formula is C12H23N. The maximum atomic E-state index is 6.26. The van der Waals surface area contributed by atoms with Crippen molar-refractivity contribution in [1.82, 2.24) is 0 Å². The van der Waals surface area contributed by atoms with Crippen molar-refractivity contribution in [2.45, 2.75) is 53.0 Å². The zero-order valence-electron chi connectivity index (χ0n) is 9.43. The van der Waals surface area contributed by atoms with Gasteiger partial charge in [-0.3, -0.25) is 0 Å². The Labute approximate surface area is 82.1 Å². The molecule has 1 nitrogen and oxygen atoms in total. The van der Waals surface area contributed by atoms with Gasteiger partial charge in [0.15, 0.2) is 0 Å². The van der Waals surface area contributed by atoms with Crippen LogP contribution < -0.4 is 5.73 Å². The van der Waals surface area contributed by atoms with Crippen molar-refractivity contribution in [3.8, 4) is 0 Å². The Kier molecular flexibility index (Phi) is 1.83. The van der Waals surface area contributed by atoms with Crippen molar-refractivity contribution < 1.29 is 0 Å². The summed E-state index contributed by atoms with van der Waals surface area (Å²) in [6, 6.07) is 0.456. The summed E-state index contributed by atoms with van der Waals surface area (Å²) in [6.07, 6.45) is 4.17. The van der Waals surface area contributed by atoms with Crippen molar-refractivity contribution in [2.24, 2.45) is 28.4 Å². The largest absolute Gasteiger partial charge is 0.327 e. The fourth-order valence-electron chi connectivity index (χ4n) is 3.98. The van der Waals surface area contributed by atoms with Gasteiger partial charge in [-0.15, -0.1) is 0 Å². The highest BCUT2D eigenvalue weighted by atomic mass is 14.9. The molecule has 0 aromatic carbocycles. The minimum absolute atomic E-state index is 0.404. The van der Waals surface area contributed by atoms with Gasteiger partial charge in [0.25, 0.3) is 0 Å². The number of hydrogen-bond acceptors (Lipinski definition) is 1. The smallest absolute Gasteiger partial charge is 0.0162 e. The summed E-state index contributed by atoms with van der Waals surface area (Å²) in [5.74, 6) is 1.70. The van der Waals surface area contributed by atoms with E-state index in [2.05, 4.69) is 27.7 Å². The maximum Gasteiger partial charge on any atom is 0.0162 e. The second-order valence-corrected chi connectivity index (χ2v) is 5.90. The molecule has 0 saturated heterocycles. The van der Waals surface area contributed by atoms with Crippen LogP contribution in [-0.2, 0) is 0 Å². The van der Waals surface area contributed by atoms with Crippen LogP contribution in [0.1, 0.15) is 47.0 Å². The Hall–Kier alpha value is -0.0400. The minimum atomic E-state index is 0.404. The lowest BCUT2D eigenvalue weighted by atomic mass is 9.68. The zero-order valence-corrected chi connectivity index (χ0v) is 9.43. The summed E-state index contributed by atoms with van der Waals surface area (Å²) in [5, 5.41) is 0. The van der Waals surface area contributed by atoms with Crippen LogP contribution in [-0.4, -0.2) is 6.04 Å². The van der Waals surface area contributed by atoms with Gasteiger partial charge in [0.2, 0.25) is 0 Å². The van der Waals surface area contributed by atoms with Crippen LogP contribution in [0.15, 0.2) is 0 Å². The highest BCUT2D eigenvalue weighted by molar-refractivity contribution is 5.23. The first kappa shape index (κ1) is 9.51. The third-order valence-corrected chi connectivity index (χ3v) is 5.36. The fraction of sp³-hybridized carbons (Fsp3) is 1.00. The van der Waals surface area contributed by atoms with Gasteiger partial charge in [-0.1, -0.05) is 40.5 Å². The molecule has 1 heteroatoms. The molecule has 0 radical (unpaired) electrons. The molecule has 0 amide bonds. The van der Waals surface area contributed by atoms with Crippen molar-refractivity contribution in [3.63, 3.8) is 0 Å². The fourth-order valence-corrected chi connectivity index (χ4v) is 3.98. The van der Waals surface area contributed by atoms with Crippen molar-refractivity contribution in [2.75, 3.05) is 0 Å². The normalized spacial score (nSPS) is 53.8. The van der Waals surface area contributed by atoms with Crippen molar-refractivity contribution in [3.05, 3.63) is 0 Å². The Morgan fingerprint density at radius 1 is 1.23 bits per heavy atom. The SMILES string of the molecule is CC1CCCC2(C1C)C(N)C2(C)C. The Bertz CT molecular complexity index is 221.